The third-order valence-electron chi connectivity index (χ3n) is 4.86. The lowest BCUT2D eigenvalue weighted by Gasteiger charge is -2.29. The van der Waals surface area contributed by atoms with Crippen LogP contribution in [0.5, 0.6) is 17.4 Å². The van der Waals surface area contributed by atoms with E-state index >= 15 is 0 Å². The number of benzene rings is 2. The van der Waals surface area contributed by atoms with Gasteiger partial charge < -0.3 is 14.2 Å². The number of hydrogen-bond acceptors (Lipinski definition) is 8. The van der Waals surface area contributed by atoms with Gasteiger partial charge in [0.1, 0.15) is 0 Å². The summed E-state index contributed by atoms with van der Waals surface area (Å²) < 4.78 is 17.3. The monoisotopic (exact) mass is 434 g/mol. The smallest absolute Gasteiger partial charge is 0.247 e. The summed E-state index contributed by atoms with van der Waals surface area (Å²) in [6, 6.07) is 13.0. The van der Waals surface area contributed by atoms with E-state index in [0.29, 0.717) is 39.7 Å². The van der Waals surface area contributed by atoms with Crippen LogP contribution in [0.1, 0.15) is 18.7 Å². The summed E-state index contributed by atoms with van der Waals surface area (Å²) in [6.45, 7) is 5.38. The van der Waals surface area contributed by atoms with Crippen molar-refractivity contribution in [3.05, 3.63) is 60.7 Å². The van der Waals surface area contributed by atoms with Crippen LogP contribution in [0.2, 0.25) is 0 Å². The van der Waals surface area contributed by atoms with Crippen LogP contribution in [0.3, 0.4) is 0 Å². The summed E-state index contributed by atoms with van der Waals surface area (Å²) in [6.07, 6.45) is 0.992. The third kappa shape index (κ3) is 3.46. The zero-order valence-electron chi connectivity index (χ0n) is 16.6. The van der Waals surface area contributed by atoms with Crippen LogP contribution in [-0.4, -0.2) is 33.6 Å². The summed E-state index contributed by atoms with van der Waals surface area (Å²) in [5.74, 6) is 2.02. The van der Waals surface area contributed by atoms with Gasteiger partial charge in [-0.3, -0.25) is 9.69 Å². The van der Waals surface area contributed by atoms with E-state index in [0.717, 1.165) is 11.1 Å². The van der Waals surface area contributed by atoms with E-state index in [1.54, 1.807) is 17.0 Å². The largest absolute Gasteiger partial charge is 0.454 e. The van der Waals surface area contributed by atoms with Crippen molar-refractivity contribution < 1.29 is 19.0 Å². The molecule has 0 spiro atoms. The van der Waals surface area contributed by atoms with Gasteiger partial charge in [-0.25, -0.2) is 0 Å². The average molecular weight is 434 g/mol. The molecule has 2 aromatic carbocycles. The van der Waals surface area contributed by atoms with Gasteiger partial charge in [0.05, 0.1) is 5.69 Å². The standard InChI is InChI=1S/C22H18N4O4S/c1-3-10-31-22-23-20-19(24-25-22)15-6-4-5-7-16(15)26(13(2)27)21(30-20)14-8-9-17-18(11-14)29-12-28-17/h3-9,11,21H,1,10,12H2,2H3/t21-/m1/s1. The van der Waals surface area contributed by atoms with Gasteiger partial charge in [0.2, 0.25) is 30.0 Å². The summed E-state index contributed by atoms with van der Waals surface area (Å²) in [5.41, 5.74) is 2.59. The van der Waals surface area contributed by atoms with Gasteiger partial charge in [-0.05, 0) is 24.3 Å². The summed E-state index contributed by atoms with van der Waals surface area (Å²) in [7, 11) is 0. The van der Waals surface area contributed by atoms with Crippen LogP contribution in [0.15, 0.2) is 60.3 Å². The Kier molecular flexibility index (Phi) is 4.95. The van der Waals surface area contributed by atoms with E-state index < -0.39 is 6.23 Å². The van der Waals surface area contributed by atoms with E-state index in [9.17, 15) is 4.79 Å². The molecular formula is C22H18N4O4S. The lowest BCUT2D eigenvalue weighted by Crippen LogP contribution is -2.36. The number of nitrogens with zero attached hydrogens (tertiary/aromatic N) is 4. The second kappa shape index (κ2) is 7.92. The summed E-state index contributed by atoms with van der Waals surface area (Å²) in [5, 5.41) is 9.07. The number of para-hydroxylation sites is 1. The van der Waals surface area contributed by atoms with Crippen LogP contribution >= 0.6 is 11.8 Å². The number of fused-ring (bicyclic) bond motifs is 4. The van der Waals surface area contributed by atoms with E-state index in [-0.39, 0.29) is 12.7 Å². The highest BCUT2D eigenvalue weighted by atomic mass is 32.2. The van der Waals surface area contributed by atoms with Crippen molar-refractivity contribution in [1.29, 1.82) is 0 Å². The van der Waals surface area contributed by atoms with Crippen molar-refractivity contribution in [2.24, 2.45) is 0 Å². The van der Waals surface area contributed by atoms with Crippen molar-refractivity contribution in [2.75, 3.05) is 17.4 Å². The normalized spacial score (nSPS) is 16.0. The van der Waals surface area contributed by atoms with Crippen molar-refractivity contribution in [1.82, 2.24) is 15.2 Å². The van der Waals surface area contributed by atoms with Gasteiger partial charge >= 0.3 is 0 Å². The average Bonchev–Trinajstić information content (AvgIpc) is 3.19. The maximum Gasteiger partial charge on any atom is 0.247 e. The number of thioether (sulfide) groups is 1. The van der Waals surface area contributed by atoms with Crippen molar-refractivity contribution in [3.63, 3.8) is 0 Å². The van der Waals surface area contributed by atoms with Gasteiger partial charge in [-0.2, -0.15) is 4.98 Å². The first-order valence-electron chi connectivity index (χ1n) is 9.59. The molecule has 0 saturated heterocycles. The Morgan fingerprint density at radius 1 is 1.23 bits per heavy atom. The Labute approximate surface area is 182 Å². The predicted molar refractivity (Wildman–Crippen MR) is 115 cm³/mol. The Hall–Kier alpha value is -3.59. The molecule has 31 heavy (non-hydrogen) atoms. The molecule has 1 atom stereocenters. The number of carbonyl (C=O) groups is 1. The molecule has 156 valence electrons. The fraction of sp³-hybridized carbons (Fsp3) is 0.182. The molecule has 9 heteroatoms. The molecule has 1 amide bonds. The van der Waals surface area contributed by atoms with Crippen molar-refractivity contribution in [2.45, 2.75) is 18.3 Å². The molecule has 3 heterocycles. The number of carbonyl (C=O) groups excluding carboxylic acids is 1. The molecule has 0 unspecified atom stereocenters. The minimum absolute atomic E-state index is 0.160. The molecule has 5 rings (SSSR count). The molecule has 0 aliphatic carbocycles. The van der Waals surface area contributed by atoms with Crippen LogP contribution < -0.4 is 19.1 Å². The number of aromatic nitrogens is 3. The highest BCUT2D eigenvalue weighted by molar-refractivity contribution is 7.99. The molecule has 2 aliphatic heterocycles. The molecule has 8 nitrogen and oxygen atoms in total. The minimum Gasteiger partial charge on any atom is -0.454 e. The van der Waals surface area contributed by atoms with Gasteiger partial charge in [0.25, 0.3) is 0 Å². The van der Waals surface area contributed by atoms with Crippen LogP contribution in [0.25, 0.3) is 11.3 Å². The molecule has 1 aromatic heterocycles. The molecule has 3 aromatic rings. The van der Waals surface area contributed by atoms with Crippen LogP contribution in [-0.2, 0) is 4.79 Å². The number of amides is 1. The third-order valence-corrected chi connectivity index (χ3v) is 5.70. The first-order valence-corrected chi connectivity index (χ1v) is 10.6. The SMILES string of the molecule is C=CCSc1nnc2c(n1)O[C@H](c1ccc3c(c1)OCO3)N(C(C)=O)c1ccccc1-2. The van der Waals surface area contributed by atoms with Crippen LogP contribution in [0.4, 0.5) is 5.69 Å². The van der Waals surface area contributed by atoms with Crippen molar-refractivity contribution in [3.8, 4) is 28.6 Å². The van der Waals surface area contributed by atoms with Crippen molar-refractivity contribution >= 4 is 23.4 Å². The lowest BCUT2D eigenvalue weighted by atomic mass is 10.1. The van der Waals surface area contributed by atoms with Gasteiger partial charge in [0, 0.05) is 23.8 Å². The van der Waals surface area contributed by atoms with E-state index in [2.05, 4.69) is 21.8 Å². The quantitative estimate of drug-likeness (QED) is 0.450. The number of hydrogen-bond donors (Lipinski definition) is 0. The Morgan fingerprint density at radius 2 is 2.06 bits per heavy atom. The maximum absolute atomic E-state index is 12.8. The lowest BCUT2D eigenvalue weighted by molar-refractivity contribution is -0.118. The predicted octanol–water partition coefficient (Wildman–Crippen LogP) is 3.99. The molecule has 0 N–H and O–H groups in total. The van der Waals surface area contributed by atoms with E-state index in [4.69, 9.17) is 14.2 Å². The van der Waals surface area contributed by atoms with E-state index in [1.165, 1.54) is 18.7 Å². The zero-order valence-corrected chi connectivity index (χ0v) is 17.5. The molecule has 0 fully saturated rings. The first-order chi connectivity index (χ1) is 15.2. The number of anilines is 1. The second-order valence-electron chi connectivity index (χ2n) is 6.84. The highest BCUT2D eigenvalue weighted by Crippen LogP contribution is 2.44. The van der Waals surface area contributed by atoms with Gasteiger partial charge in [0.15, 0.2) is 17.2 Å². The van der Waals surface area contributed by atoms with E-state index in [1.807, 2.05) is 36.4 Å². The fourth-order valence-electron chi connectivity index (χ4n) is 3.53. The van der Waals surface area contributed by atoms with Gasteiger partial charge in [-0.15, -0.1) is 16.8 Å². The van der Waals surface area contributed by atoms with Crippen LogP contribution in [0, 0.1) is 0 Å². The number of rotatable bonds is 4. The molecule has 0 radical (unpaired) electrons. The molecule has 0 saturated carbocycles. The second-order valence-corrected chi connectivity index (χ2v) is 7.82. The zero-order chi connectivity index (χ0) is 21.4. The number of ether oxygens (including phenoxy) is 3. The summed E-state index contributed by atoms with van der Waals surface area (Å²) in [4.78, 5) is 19.0. The first kappa shape index (κ1) is 19.4. The topological polar surface area (TPSA) is 86.7 Å². The minimum atomic E-state index is -0.775. The Balaban J connectivity index is 1.68. The highest BCUT2D eigenvalue weighted by Gasteiger charge is 2.35. The molecular weight excluding hydrogens is 416 g/mol. The Bertz CT molecular complexity index is 1190. The maximum atomic E-state index is 12.8. The summed E-state index contributed by atoms with van der Waals surface area (Å²) >= 11 is 1.40. The fourth-order valence-corrected chi connectivity index (χ4v) is 4.04. The molecule has 0 bridgehead atoms. The van der Waals surface area contributed by atoms with Gasteiger partial charge in [-0.1, -0.05) is 36.0 Å². The molecule has 2 aliphatic rings. The Morgan fingerprint density at radius 3 is 2.90 bits per heavy atom.